The molecule has 0 radical (unpaired) electrons. The Hall–Kier alpha value is -0.190. The van der Waals surface area contributed by atoms with Crippen LogP contribution in [0.4, 0.5) is 0 Å². The van der Waals surface area contributed by atoms with Gasteiger partial charge in [-0.2, -0.15) is 23.5 Å². The number of thioether (sulfide) groups is 2. The van der Waals surface area contributed by atoms with Crippen LogP contribution in [0.25, 0.3) is 0 Å². The van der Waals surface area contributed by atoms with E-state index in [1.165, 1.54) is 29.9 Å². The van der Waals surface area contributed by atoms with E-state index in [1.807, 2.05) is 6.20 Å². The lowest BCUT2D eigenvalue weighted by molar-refractivity contribution is 0.450. The minimum absolute atomic E-state index is 0.554. The van der Waals surface area contributed by atoms with Gasteiger partial charge in [0, 0.05) is 45.4 Å². The van der Waals surface area contributed by atoms with Gasteiger partial charge in [-0.3, -0.25) is 4.98 Å². The molecule has 1 fully saturated rings. The molecule has 0 aromatic carbocycles. The van der Waals surface area contributed by atoms with Crippen molar-refractivity contribution in [3.8, 4) is 0 Å². The number of rotatable bonds is 3. The van der Waals surface area contributed by atoms with Crippen LogP contribution in [0.1, 0.15) is 37.4 Å². The summed E-state index contributed by atoms with van der Waals surface area (Å²) in [5.74, 6) is 1.86. The molecule has 0 spiro atoms. The molecular formula is C16H24N2S2. The fourth-order valence-electron chi connectivity index (χ4n) is 3.44. The van der Waals surface area contributed by atoms with Gasteiger partial charge in [0.15, 0.2) is 0 Å². The van der Waals surface area contributed by atoms with Gasteiger partial charge in [0.05, 0.1) is 0 Å². The average Bonchev–Trinajstić information content (AvgIpc) is 2.88. The highest BCUT2D eigenvalue weighted by Crippen LogP contribution is 2.43. The predicted molar refractivity (Wildman–Crippen MR) is 90.9 cm³/mol. The predicted octanol–water partition coefficient (Wildman–Crippen LogP) is 3.33. The number of hydrogen-bond donors (Lipinski definition) is 1. The maximum Gasteiger partial charge on any atom is 0.0482 e. The first kappa shape index (κ1) is 14.7. The maximum absolute atomic E-state index is 4.68. The summed E-state index contributed by atoms with van der Waals surface area (Å²) in [6.45, 7) is 4.74. The van der Waals surface area contributed by atoms with E-state index in [0.29, 0.717) is 17.2 Å². The van der Waals surface area contributed by atoms with Crippen LogP contribution < -0.4 is 5.32 Å². The van der Waals surface area contributed by atoms with Crippen LogP contribution in [0.3, 0.4) is 0 Å². The largest absolute Gasteiger partial charge is 0.315 e. The van der Waals surface area contributed by atoms with E-state index in [4.69, 9.17) is 0 Å². The van der Waals surface area contributed by atoms with E-state index in [1.54, 1.807) is 0 Å². The van der Waals surface area contributed by atoms with Gasteiger partial charge in [-0.15, -0.1) is 0 Å². The van der Waals surface area contributed by atoms with Gasteiger partial charge in [-0.1, -0.05) is 19.9 Å². The van der Waals surface area contributed by atoms with E-state index in [2.05, 4.69) is 66.9 Å². The molecule has 2 aliphatic rings. The number of aromatic nitrogens is 1. The van der Waals surface area contributed by atoms with Gasteiger partial charge >= 0.3 is 0 Å². The lowest BCUT2D eigenvalue weighted by Crippen LogP contribution is -2.45. The summed E-state index contributed by atoms with van der Waals surface area (Å²) < 4.78 is 0. The first-order valence-corrected chi connectivity index (χ1v) is 9.58. The van der Waals surface area contributed by atoms with Gasteiger partial charge in [-0.05, 0) is 31.5 Å². The van der Waals surface area contributed by atoms with Crippen LogP contribution in [-0.4, -0.2) is 39.6 Å². The molecule has 20 heavy (non-hydrogen) atoms. The average molecular weight is 309 g/mol. The van der Waals surface area contributed by atoms with Crippen molar-refractivity contribution in [1.29, 1.82) is 0 Å². The maximum atomic E-state index is 4.68. The molecule has 1 aliphatic heterocycles. The van der Waals surface area contributed by atoms with Crippen LogP contribution in [0.5, 0.6) is 0 Å². The third kappa shape index (κ3) is 2.75. The van der Waals surface area contributed by atoms with Gasteiger partial charge in [-0.25, -0.2) is 0 Å². The summed E-state index contributed by atoms with van der Waals surface area (Å²) in [7, 11) is 2.12. The highest BCUT2D eigenvalue weighted by atomic mass is 32.2. The van der Waals surface area contributed by atoms with Crippen LogP contribution in [0, 0.1) is 0 Å². The van der Waals surface area contributed by atoms with Crippen molar-refractivity contribution in [2.24, 2.45) is 0 Å². The molecule has 0 saturated carbocycles. The fraction of sp³-hybridized carbons (Fsp3) is 0.688. The standard InChI is InChI=1S/C16H24N2S2/c1-10-11(2)20-14(9-19-10)16(17-3)13-7-6-12-5-4-8-18-15(12)13/h4-5,8,10-11,13-14,16-17H,6-7,9H2,1-3H3. The number of likely N-dealkylation sites (N-methyl/N-ethyl adjacent to an activating group) is 1. The van der Waals surface area contributed by atoms with Crippen molar-refractivity contribution >= 4 is 23.5 Å². The lowest BCUT2D eigenvalue weighted by Gasteiger charge is -2.38. The monoisotopic (exact) mass is 308 g/mol. The fourth-order valence-corrected chi connectivity index (χ4v) is 6.65. The molecule has 4 heteroatoms. The minimum Gasteiger partial charge on any atom is -0.315 e. The third-order valence-electron chi connectivity index (χ3n) is 4.74. The number of hydrogen-bond acceptors (Lipinski definition) is 4. The topological polar surface area (TPSA) is 24.9 Å². The van der Waals surface area contributed by atoms with Crippen molar-refractivity contribution in [3.63, 3.8) is 0 Å². The molecule has 0 amide bonds. The van der Waals surface area contributed by atoms with Crippen LogP contribution in [0.2, 0.25) is 0 Å². The van der Waals surface area contributed by atoms with Crippen LogP contribution in [0.15, 0.2) is 18.3 Å². The van der Waals surface area contributed by atoms with Crippen LogP contribution >= 0.6 is 23.5 Å². The minimum atomic E-state index is 0.554. The second kappa shape index (κ2) is 6.29. The van der Waals surface area contributed by atoms with Gasteiger partial charge in [0.25, 0.3) is 0 Å². The Kier molecular flexibility index (Phi) is 4.63. The molecule has 0 bridgehead atoms. The summed E-state index contributed by atoms with van der Waals surface area (Å²) in [6.07, 6.45) is 4.41. The van der Waals surface area contributed by atoms with Crippen molar-refractivity contribution in [3.05, 3.63) is 29.6 Å². The first-order chi connectivity index (χ1) is 9.70. The number of aryl methyl sites for hydroxylation is 1. The molecule has 2 heterocycles. The molecule has 5 atom stereocenters. The molecule has 1 aromatic heterocycles. The van der Waals surface area contributed by atoms with E-state index < -0.39 is 0 Å². The summed E-state index contributed by atoms with van der Waals surface area (Å²) in [5.41, 5.74) is 2.82. The molecule has 1 aromatic rings. The smallest absolute Gasteiger partial charge is 0.0482 e. The van der Waals surface area contributed by atoms with E-state index in [9.17, 15) is 0 Å². The Morgan fingerprint density at radius 1 is 1.35 bits per heavy atom. The Morgan fingerprint density at radius 3 is 2.95 bits per heavy atom. The van der Waals surface area contributed by atoms with Gasteiger partial charge < -0.3 is 5.32 Å². The first-order valence-electron chi connectivity index (χ1n) is 7.59. The van der Waals surface area contributed by atoms with E-state index in [0.717, 1.165) is 10.5 Å². The summed E-state index contributed by atoms with van der Waals surface area (Å²) in [5, 5.41) is 5.85. The SMILES string of the molecule is CNC(C1CSC(C)C(C)S1)C1CCc2cccnc21. The molecule has 3 rings (SSSR count). The second-order valence-corrected chi connectivity index (χ2v) is 8.96. The summed E-state index contributed by atoms with van der Waals surface area (Å²) in [4.78, 5) is 4.68. The van der Waals surface area contributed by atoms with E-state index >= 15 is 0 Å². The number of pyridine rings is 1. The zero-order valence-corrected chi connectivity index (χ0v) is 14.1. The highest BCUT2D eigenvalue weighted by Gasteiger charge is 2.38. The molecule has 1 aliphatic carbocycles. The number of fused-ring (bicyclic) bond motifs is 1. The van der Waals surface area contributed by atoms with Crippen LogP contribution in [-0.2, 0) is 6.42 Å². The zero-order valence-electron chi connectivity index (χ0n) is 12.5. The Morgan fingerprint density at radius 2 is 2.20 bits per heavy atom. The number of nitrogens with one attached hydrogen (secondary N) is 1. The van der Waals surface area contributed by atoms with Gasteiger partial charge in [0.2, 0.25) is 0 Å². The highest BCUT2D eigenvalue weighted by molar-refractivity contribution is 8.07. The number of nitrogens with zero attached hydrogens (tertiary/aromatic N) is 1. The summed E-state index contributed by atoms with van der Waals surface area (Å²) >= 11 is 4.31. The molecule has 1 saturated heterocycles. The Balaban J connectivity index is 1.78. The van der Waals surface area contributed by atoms with Crippen molar-refractivity contribution in [1.82, 2.24) is 10.3 Å². The van der Waals surface area contributed by atoms with Crippen molar-refractivity contribution in [2.45, 2.75) is 54.4 Å². The quantitative estimate of drug-likeness (QED) is 0.926. The normalized spacial score (nSPS) is 34.8. The molecule has 1 N–H and O–H groups in total. The van der Waals surface area contributed by atoms with Crippen molar-refractivity contribution < 1.29 is 0 Å². The summed E-state index contributed by atoms with van der Waals surface area (Å²) in [6, 6.07) is 4.88. The molecule has 110 valence electrons. The van der Waals surface area contributed by atoms with E-state index in [-0.39, 0.29) is 0 Å². The second-order valence-electron chi connectivity index (χ2n) is 5.93. The van der Waals surface area contributed by atoms with Gasteiger partial charge in [0.1, 0.15) is 0 Å². The third-order valence-corrected chi connectivity index (χ3v) is 8.26. The molecular weight excluding hydrogens is 284 g/mol. The molecule has 5 unspecified atom stereocenters. The van der Waals surface area contributed by atoms with Crippen molar-refractivity contribution in [2.75, 3.05) is 12.8 Å². The Labute approximate surface area is 130 Å². The Bertz CT molecular complexity index is 466. The zero-order chi connectivity index (χ0) is 14.1. The molecule has 2 nitrogen and oxygen atoms in total. The lowest BCUT2D eigenvalue weighted by atomic mass is 9.94.